The SMILES string of the molecule is CCC#CCCN1C(=O)c2cnc3[nH]ncc3c2C1=O. The van der Waals surface area contributed by atoms with Crippen LogP contribution < -0.4 is 0 Å². The van der Waals surface area contributed by atoms with E-state index < -0.39 is 0 Å². The normalized spacial score (nSPS) is 13.6. The molecule has 0 bridgehead atoms. The van der Waals surface area contributed by atoms with E-state index in [1.807, 2.05) is 6.92 Å². The fourth-order valence-corrected chi connectivity index (χ4v) is 2.25. The van der Waals surface area contributed by atoms with Gasteiger partial charge < -0.3 is 0 Å². The van der Waals surface area contributed by atoms with Crippen LogP contribution in [0.1, 0.15) is 40.5 Å². The number of imide groups is 1. The molecule has 6 heteroatoms. The lowest BCUT2D eigenvalue weighted by atomic mass is 10.1. The van der Waals surface area contributed by atoms with Crippen molar-refractivity contribution < 1.29 is 9.59 Å². The summed E-state index contributed by atoms with van der Waals surface area (Å²) in [7, 11) is 0. The fourth-order valence-electron chi connectivity index (χ4n) is 2.25. The molecule has 2 amide bonds. The van der Waals surface area contributed by atoms with Crippen molar-refractivity contribution >= 4 is 22.8 Å². The molecule has 2 aromatic heterocycles. The molecule has 2 aromatic rings. The summed E-state index contributed by atoms with van der Waals surface area (Å²) in [5.41, 5.74) is 1.24. The van der Waals surface area contributed by atoms with E-state index in [4.69, 9.17) is 0 Å². The van der Waals surface area contributed by atoms with Crippen LogP contribution in [0, 0.1) is 11.8 Å². The minimum atomic E-state index is -0.307. The van der Waals surface area contributed by atoms with Crippen molar-refractivity contribution in [3.05, 3.63) is 23.5 Å². The van der Waals surface area contributed by atoms with Gasteiger partial charge in [0.05, 0.1) is 22.7 Å². The third-order valence-electron chi connectivity index (χ3n) is 3.18. The Balaban J connectivity index is 1.95. The van der Waals surface area contributed by atoms with E-state index in [0.717, 1.165) is 6.42 Å². The highest BCUT2D eigenvalue weighted by Crippen LogP contribution is 2.27. The molecule has 3 rings (SSSR count). The number of carbonyl (C=O) groups is 2. The molecule has 0 unspecified atom stereocenters. The Morgan fingerprint density at radius 3 is 2.90 bits per heavy atom. The van der Waals surface area contributed by atoms with Gasteiger partial charge >= 0.3 is 0 Å². The van der Waals surface area contributed by atoms with Crippen molar-refractivity contribution in [2.75, 3.05) is 6.54 Å². The summed E-state index contributed by atoms with van der Waals surface area (Å²) in [6.07, 6.45) is 4.20. The first-order chi connectivity index (χ1) is 9.74. The molecule has 1 aliphatic rings. The van der Waals surface area contributed by atoms with Crippen LogP contribution in [0.5, 0.6) is 0 Å². The third-order valence-corrected chi connectivity index (χ3v) is 3.18. The smallest absolute Gasteiger partial charge is 0.263 e. The van der Waals surface area contributed by atoms with Crippen LogP contribution in [-0.4, -0.2) is 38.4 Å². The first kappa shape index (κ1) is 12.4. The Kier molecular flexibility index (Phi) is 2.95. The second kappa shape index (κ2) is 4.78. The zero-order valence-electron chi connectivity index (χ0n) is 10.9. The number of aromatic amines is 1. The lowest BCUT2D eigenvalue weighted by Gasteiger charge is -2.10. The second-order valence-corrected chi connectivity index (χ2v) is 4.40. The van der Waals surface area contributed by atoms with Crippen LogP contribution in [0.3, 0.4) is 0 Å². The Morgan fingerprint density at radius 1 is 1.25 bits per heavy atom. The van der Waals surface area contributed by atoms with Gasteiger partial charge in [-0.1, -0.05) is 6.92 Å². The zero-order chi connectivity index (χ0) is 14.1. The van der Waals surface area contributed by atoms with E-state index in [-0.39, 0.29) is 11.8 Å². The summed E-state index contributed by atoms with van der Waals surface area (Å²) >= 11 is 0. The monoisotopic (exact) mass is 268 g/mol. The number of nitrogens with one attached hydrogen (secondary N) is 1. The number of nitrogens with zero attached hydrogens (tertiary/aromatic N) is 3. The van der Waals surface area contributed by atoms with Crippen molar-refractivity contribution in [3.63, 3.8) is 0 Å². The lowest BCUT2D eigenvalue weighted by molar-refractivity contribution is 0.0658. The van der Waals surface area contributed by atoms with Gasteiger partial charge in [-0.05, 0) is 0 Å². The molecular weight excluding hydrogens is 256 g/mol. The van der Waals surface area contributed by atoms with Gasteiger partial charge in [-0.3, -0.25) is 19.6 Å². The molecule has 0 aromatic carbocycles. The number of fused-ring (bicyclic) bond motifs is 3. The van der Waals surface area contributed by atoms with E-state index in [1.54, 1.807) is 0 Å². The minimum Gasteiger partial charge on any atom is -0.273 e. The standard InChI is InChI=1S/C14H12N4O2/c1-2-3-4-5-6-18-13(19)10-7-15-12-9(8-16-17-12)11(10)14(18)20/h7-8H,2,5-6H2,1H3,(H,15,16,17). The number of hydrogen-bond donors (Lipinski definition) is 1. The van der Waals surface area contributed by atoms with Gasteiger partial charge in [-0.2, -0.15) is 5.10 Å². The average Bonchev–Trinajstić information content (AvgIpc) is 3.01. The van der Waals surface area contributed by atoms with Crippen molar-refractivity contribution in [2.24, 2.45) is 0 Å². The second-order valence-electron chi connectivity index (χ2n) is 4.40. The largest absolute Gasteiger partial charge is 0.273 e. The van der Waals surface area contributed by atoms with Crippen LogP contribution in [0.4, 0.5) is 0 Å². The summed E-state index contributed by atoms with van der Waals surface area (Å²) in [5.74, 6) is 5.25. The molecule has 0 spiro atoms. The maximum absolute atomic E-state index is 12.4. The van der Waals surface area contributed by atoms with E-state index in [0.29, 0.717) is 35.1 Å². The number of H-pyrrole nitrogens is 1. The van der Waals surface area contributed by atoms with E-state index in [1.165, 1.54) is 17.3 Å². The van der Waals surface area contributed by atoms with Crippen molar-refractivity contribution in [1.29, 1.82) is 0 Å². The molecule has 0 radical (unpaired) electrons. The summed E-state index contributed by atoms with van der Waals surface area (Å²) in [4.78, 5) is 29.9. The topological polar surface area (TPSA) is 79.0 Å². The minimum absolute atomic E-state index is 0.294. The first-order valence-electron chi connectivity index (χ1n) is 6.38. The van der Waals surface area contributed by atoms with Crippen LogP contribution in [0.2, 0.25) is 0 Å². The van der Waals surface area contributed by atoms with Crippen molar-refractivity contribution in [3.8, 4) is 11.8 Å². The predicted octanol–water partition coefficient (Wildman–Crippen LogP) is 1.36. The third kappa shape index (κ3) is 1.75. The maximum Gasteiger partial charge on any atom is 0.263 e. The van der Waals surface area contributed by atoms with E-state index >= 15 is 0 Å². The Morgan fingerprint density at radius 2 is 2.10 bits per heavy atom. The molecule has 1 aliphatic heterocycles. The van der Waals surface area contributed by atoms with E-state index in [2.05, 4.69) is 27.0 Å². The predicted molar refractivity (Wildman–Crippen MR) is 71.9 cm³/mol. The molecule has 0 saturated carbocycles. The number of rotatable bonds is 2. The summed E-state index contributed by atoms with van der Waals surface area (Å²) < 4.78 is 0. The zero-order valence-corrected chi connectivity index (χ0v) is 10.9. The molecule has 6 nitrogen and oxygen atoms in total. The van der Waals surface area contributed by atoms with Crippen molar-refractivity contribution in [1.82, 2.24) is 20.1 Å². The fraction of sp³-hybridized carbons (Fsp3) is 0.286. The summed E-state index contributed by atoms with van der Waals surface area (Å²) in [6.45, 7) is 2.26. The van der Waals surface area contributed by atoms with Gasteiger partial charge in [0.15, 0.2) is 5.65 Å². The van der Waals surface area contributed by atoms with Gasteiger partial charge in [0.25, 0.3) is 11.8 Å². The molecule has 0 atom stereocenters. The Labute approximate surface area is 115 Å². The molecule has 100 valence electrons. The highest BCUT2D eigenvalue weighted by Gasteiger charge is 2.37. The van der Waals surface area contributed by atoms with Crippen LogP contribution >= 0.6 is 0 Å². The Bertz CT molecular complexity index is 766. The van der Waals surface area contributed by atoms with E-state index in [9.17, 15) is 9.59 Å². The summed E-state index contributed by atoms with van der Waals surface area (Å²) in [5, 5.41) is 7.14. The first-order valence-corrected chi connectivity index (χ1v) is 6.38. The molecule has 0 aliphatic carbocycles. The highest BCUT2D eigenvalue weighted by molar-refractivity contribution is 6.25. The van der Waals surface area contributed by atoms with Crippen molar-refractivity contribution in [2.45, 2.75) is 19.8 Å². The lowest BCUT2D eigenvalue weighted by Crippen LogP contribution is -2.30. The summed E-state index contributed by atoms with van der Waals surface area (Å²) in [6, 6.07) is 0. The maximum atomic E-state index is 12.4. The molecular formula is C14H12N4O2. The highest BCUT2D eigenvalue weighted by atomic mass is 16.2. The molecule has 0 saturated heterocycles. The van der Waals surface area contributed by atoms with Crippen LogP contribution in [0.25, 0.3) is 11.0 Å². The van der Waals surface area contributed by atoms with Gasteiger partial charge in [0, 0.05) is 25.6 Å². The van der Waals surface area contributed by atoms with Gasteiger partial charge in [0.1, 0.15) is 0 Å². The number of hydrogen-bond acceptors (Lipinski definition) is 4. The molecule has 1 N–H and O–H groups in total. The quantitative estimate of drug-likeness (QED) is 0.658. The number of pyridine rings is 1. The van der Waals surface area contributed by atoms with Crippen LogP contribution in [-0.2, 0) is 0 Å². The molecule has 0 fully saturated rings. The number of aromatic nitrogens is 3. The number of carbonyl (C=O) groups excluding carboxylic acids is 2. The molecule has 20 heavy (non-hydrogen) atoms. The van der Waals surface area contributed by atoms with Gasteiger partial charge in [0.2, 0.25) is 0 Å². The molecule has 3 heterocycles. The van der Waals surface area contributed by atoms with Gasteiger partial charge in [-0.25, -0.2) is 4.98 Å². The Hall–Kier alpha value is -2.68. The van der Waals surface area contributed by atoms with Gasteiger partial charge in [-0.15, -0.1) is 11.8 Å². The number of amides is 2. The average molecular weight is 268 g/mol. The van der Waals surface area contributed by atoms with Crippen LogP contribution in [0.15, 0.2) is 12.4 Å².